The summed E-state index contributed by atoms with van der Waals surface area (Å²) in [5, 5.41) is 12.7. The highest BCUT2D eigenvalue weighted by atomic mass is 32.2. The number of alkyl halides is 3. The number of aromatic hydroxyl groups is 1. The molecule has 0 bridgehead atoms. The Labute approximate surface area is 218 Å². The van der Waals surface area contributed by atoms with Gasteiger partial charge in [-0.2, -0.15) is 18.2 Å². The van der Waals surface area contributed by atoms with Crippen LogP contribution in [0, 0.1) is 5.82 Å². The minimum absolute atomic E-state index is 0.0511. The number of halogens is 4. The van der Waals surface area contributed by atoms with Crippen LogP contribution < -0.4 is 10.0 Å². The molecule has 0 aliphatic heterocycles. The molecule has 3 N–H and O–H groups in total. The summed E-state index contributed by atoms with van der Waals surface area (Å²) in [6, 6.07) is 8.53. The Bertz CT molecular complexity index is 1750. The predicted molar refractivity (Wildman–Crippen MR) is 131 cm³/mol. The smallest absolute Gasteiger partial charge is 0.416 e. The van der Waals surface area contributed by atoms with Gasteiger partial charge in [0.05, 0.1) is 16.2 Å². The molecule has 0 amide bonds. The summed E-state index contributed by atoms with van der Waals surface area (Å²) in [5.41, 5.74) is 0.682. The van der Waals surface area contributed by atoms with Crippen LogP contribution in [0.4, 0.5) is 23.5 Å². The van der Waals surface area contributed by atoms with Crippen molar-refractivity contribution < 1.29 is 35.5 Å². The molecule has 0 atom stereocenters. The minimum atomic E-state index is -4.57. The molecule has 0 aliphatic carbocycles. The Hall–Kier alpha value is -4.50. The van der Waals surface area contributed by atoms with Crippen molar-refractivity contribution >= 4 is 21.8 Å². The van der Waals surface area contributed by atoms with Crippen molar-refractivity contribution in [2.45, 2.75) is 11.1 Å². The lowest BCUT2D eigenvalue weighted by molar-refractivity contribution is -0.137. The maximum atomic E-state index is 13.6. The normalized spacial score (nSPS) is 12.2. The molecule has 0 aliphatic rings. The Morgan fingerprint density at radius 1 is 1.03 bits per heavy atom. The molecule has 202 valence electrons. The molecule has 3 aromatic heterocycles. The van der Waals surface area contributed by atoms with Crippen molar-refractivity contribution in [3.05, 3.63) is 78.6 Å². The molecule has 0 fully saturated rings. The lowest BCUT2D eigenvalue weighted by Gasteiger charge is -2.10. The summed E-state index contributed by atoms with van der Waals surface area (Å²) in [7, 11) is -4.05. The monoisotopic (exact) mass is 562 g/mol. The van der Waals surface area contributed by atoms with Crippen LogP contribution in [-0.4, -0.2) is 46.0 Å². The number of benzene rings is 2. The fourth-order valence-corrected chi connectivity index (χ4v) is 4.77. The van der Waals surface area contributed by atoms with E-state index in [9.17, 15) is 31.1 Å². The molecule has 0 unspecified atom stereocenters. The third-order valence-electron chi connectivity index (χ3n) is 5.57. The Morgan fingerprint density at radius 2 is 1.79 bits per heavy atom. The number of hydrogen-bond acceptors (Lipinski definition) is 8. The molecule has 10 nitrogen and oxygen atoms in total. The largest absolute Gasteiger partial charge is 0.505 e. The van der Waals surface area contributed by atoms with Gasteiger partial charge in [0.2, 0.25) is 16.0 Å². The van der Waals surface area contributed by atoms with Gasteiger partial charge in [0.25, 0.3) is 0 Å². The molecular formula is C24H18F4N6O4S. The number of aromatic nitrogens is 4. The SMILES string of the molecule is O=S(=O)(NCCNc1nccc(-c2c(-c3ccc(F)c(O)c3)nc3occn23)n1)c1ccc(C(F)(F)F)cc1. The number of fused-ring (bicyclic) bond motifs is 1. The van der Waals surface area contributed by atoms with Crippen molar-refractivity contribution in [3.63, 3.8) is 0 Å². The zero-order valence-electron chi connectivity index (χ0n) is 19.6. The summed E-state index contributed by atoms with van der Waals surface area (Å²) < 4.78 is 85.9. The maximum Gasteiger partial charge on any atom is 0.416 e. The Balaban J connectivity index is 1.31. The number of rotatable bonds is 8. The predicted octanol–water partition coefficient (Wildman–Crippen LogP) is 4.31. The van der Waals surface area contributed by atoms with E-state index in [0.717, 1.165) is 18.2 Å². The molecule has 3 heterocycles. The lowest BCUT2D eigenvalue weighted by Crippen LogP contribution is -2.29. The molecule has 39 heavy (non-hydrogen) atoms. The van der Waals surface area contributed by atoms with Crippen LogP contribution in [0.3, 0.4) is 0 Å². The zero-order valence-corrected chi connectivity index (χ0v) is 20.5. The highest BCUT2D eigenvalue weighted by Crippen LogP contribution is 2.34. The average molecular weight is 563 g/mol. The molecule has 0 saturated heterocycles. The van der Waals surface area contributed by atoms with Crippen molar-refractivity contribution in [3.8, 4) is 28.4 Å². The number of nitrogens with zero attached hydrogens (tertiary/aromatic N) is 4. The van der Waals surface area contributed by atoms with Crippen molar-refractivity contribution in [2.75, 3.05) is 18.4 Å². The first-order valence-electron chi connectivity index (χ1n) is 11.2. The van der Waals surface area contributed by atoms with E-state index in [0.29, 0.717) is 34.8 Å². The number of hydrogen-bond donors (Lipinski definition) is 3. The summed E-state index contributed by atoms with van der Waals surface area (Å²) in [6.07, 6.45) is -0.0882. The van der Waals surface area contributed by atoms with E-state index in [2.05, 4.69) is 25.0 Å². The Morgan fingerprint density at radius 3 is 2.51 bits per heavy atom. The number of imidazole rings is 1. The van der Waals surface area contributed by atoms with E-state index in [1.807, 2.05) is 0 Å². The average Bonchev–Trinajstić information content (AvgIpc) is 3.50. The van der Waals surface area contributed by atoms with Crippen LogP contribution >= 0.6 is 0 Å². The maximum absolute atomic E-state index is 13.6. The van der Waals surface area contributed by atoms with Gasteiger partial charge in [-0.05, 0) is 48.5 Å². The van der Waals surface area contributed by atoms with E-state index in [1.54, 1.807) is 16.7 Å². The fourth-order valence-electron chi connectivity index (χ4n) is 3.73. The summed E-state index contributed by atoms with van der Waals surface area (Å²) in [5.74, 6) is -0.959. The van der Waals surface area contributed by atoms with Gasteiger partial charge in [0.15, 0.2) is 11.6 Å². The van der Waals surface area contributed by atoms with E-state index in [1.165, 1.54) is 24.6 Å². The molecule has 5 aromatic rings. The van der Waals surface area contributed by atoms with E-state index in [4.69, 9.17) is 4.42 Å². The van der Waals surface area contributed by atoms with Crippen molar-refractivity contribution in [1.82, 2.24) is 24.1 Å². The Kier molecular flexibility index (Phi) is 6.69. The quantitative estimate of drug-likeness (QED) is 0.188. The van der Waals surface area contributed by atoms with Crippen LogP contribution in [0.1, 0.15) is 5.56 Å². The van der Waals surface area contributed by atoms with Gasteiger partial charge in [0.1, 0.15) is 17.7 Å². The summed E-state index contributed by atoms with van der Waals surface area (Å²) >= 11 is 0. The van der Waals surface area contributed by atoms with Crippen LogP contribution in [0.15, 0.2) is 76.5 Å². The van der Waals surface area contributed by atoms with Crippen LogP contribution in [0.5, 0.6) is 5.75 Å². The number of anilines is 1. The first kappa shape index (κ1) is 26.1. The van der Waals surface area contributed by atoms with Gasteiger partial charge in [0, 0.05) is 31.0 Å². The molecule has 2 aromatic carbocycles. The summed E-state index contributed by atoms with van der Waals surface area (Å²) in [6.45, 7) is -0.0642. The molecule has 5 rings (SSSR count). The third-order valence-corrected chi connectivity index (χ3v) is 7.05. The number of phenols is 1. The zero-order chi connectivity index (χ0) is 27.8. The lowest BCUT2D eigenvalue weighted by atomic mass is 10.1. The first-order chi connectivity index (χ1) is 18.5. The number of sulfonamides is 1. The third kappa shape index (κ3) is 5.39. The number of phenolic OH excluding ortho intramolecular Hbond substituents is 1. The standard InChI is InChI=1S/C24H18F4N6O4S/c25-17-6-1-14(13-19(17)35)20-21(34-11-12-38-23(34)33-20)18-7-8-29-22(32-18)30-9-10-31-39(36,37)16-4-2-15(3-5-16)24(26,27)28/h1-8,11-13,31,35H,9-10H2,(H,29,30,32). The number of nitrogens with one attached hydrogen (secondary N) is 2. The van der Waals surface area contributed by atoms with Crippen molar-refractivity contribution in [2.24, 2.45) is 0 Å². The van der Waals surface area contributed by atoms with E-state index < -0.39 is 33.3 Å². The molecule has 15 heteroatoms. The molecule has 0 radical (unpaired) electrons. The van der Waals surface area contributed by atoms with Gasteiger partial charge < -0.3 is 14.8 Å². The molecular weight excluding hydrogens is 544 g/mol. The van der Waals surface area contributed by atoms with Gasteiger partial charge in [-0.15, -0.1) is 0 Å². The molecule has 0 spiro atoms. The van der Waals surface area contributed by atoms with Crippen LogP contribution in [0.2, 0.25) is 0 Å². The van der Waals surface area contributed by atoms with Gasteiger partial charge >= 0.3 is 12.0 Å². The van der Waals surface area contributed by atoms with Crippen LogP contribution in [-0.2, 0) is 16.2 Å². The highest BCUT2D eigenvalue weighted by molar-refractivity contribution is 7.89. The van der Waals surface area contributed by atoms with Gasteiger partial charge in [-0.3, -0.25) is 4.40 Å². The molecule has 0 saturated carbocycles. The summed E-state index contributed by atoms with van der Waals surface area (Å²) in [4.78, 5) is 12.7. The topological polar surface area (TPSA) is 135 Å². The highest BCUT2D eigenvalue weighted by Gasteiger charge is 2.30. The van der Waals surface area contributed by atoms with Crippen LogP contribution in [0.25, 0.3) is 28.5 Å². The number of oxazole rings is 1. The first-order valence-corrected chi connectivity index (χ1v) is 12.7. The van der Waals surface area contributed by atoms with Crippen molar-refractivity contribution in [1.29, 1.82) is 0 Å². The minimum Gasteiger partial charge on any atom is -0.505 e. The van der Waals surface area contributed by atoms with E-state index >= 15 is 0 Å². The second kappa shape index (κ2) is 9.99. The van der Waals surface area contributed by atoms with Gasteiger partial charge in [-0.25, -0.2) is 27.5 Å². The second-order valence-electron chi connectivity index (χ2n) is 8.14. The second-order valence-corrected chi connectivity index (χ2v) is 9.91. The van der Waals surface area contributed by atoms with Gasteiger partial charge in [-0.1, -0.05) is 0 Å². The fraction of sp³-hybridized carbons (Fsp3) is 0.125. The van der Waals surface area contributed by atoms with E-state index in [-0.39, 0.29) is 29.8 Å².